The van der Waals surface area contributed by atoms with E-state index in [2.05, 4.69) is 10.1 Å². The van der Waals surface area contributed by atoms with E-state index in [0.29, 0.717) is 6.07 Å². The second kappa shape index (κ2) is 8.88. The number of benzene rings is 1. The second-order valence-electron chi connectivity index (χ2n) is 6.57. The highest BCUT2D eigenvalue weighted by Gasteiger charge is 2.37. The van der Waals surface area contributed by atoms with Crippen molar-refractivity contribution < 1.29 is 35.9 Å². The Labute approximate surface area is 171 Å². The number of piperidine rings is 1. The van der Waals surface area contributed by atoms with Crippen molar-refractivity contribution in [2.75, 3.05) is 20.2 Å². The molecule has 1 heterocycles. The number of halogens is 4. The Balaban J connectivity index is 2.09. The largest absolute Gasteiger partial charge is 0.467 e. The van der Waals surface area contributed by atoms with E-state index in [0.717, 1.165) is 16.4 Å². The quantitative estimate of drug-likeness (QED) is 0.687. The molecule has 162 valence electrons. The third-order valence-corrected chi connectivity index (χ3v) is 6.84. The van der Waals surface area contributed by atoms with Crippen LogP contribution in [-0.2, 0) is 30.5 Å². The molecule has 1 atom stereocenters. The Hall–Kier alpha value is -1.85. The van der Waals surface area contributed by atoms with E-state index >= 15 is 0 Å². The number of carbonyl (C=O) groups excluding carboxylic acids is 2. The molecule has 1 fully saturated rings. The fourth-order valence-corrected chi connectivity index (χ4v) is 4.68. The molecule has 7 nitrogen and oxygen atoms in total. The van der Waals surface area contributed by atoms with Crippen LogP contribution in [0.2, 0.25) is 5.02 Å². The molecular formula is C17H20ClF3N2O5S. The van der Waals surface area contributed by atoms with Gasteiger partial charge in [-0.25, -0.2) is 13.2 Å². The molecule has 1 amide bonds. The molecule has 1 aliphatic heterocycles. The van der Waals surface area contributed by atoms with Crippen LogP contribution in [0, 0.1) is 5.92 Å². The van der Waals surface area contributed by atoms with Gasteiger partial charge in [0.05, 0.1) is 22.6 Å². The van der Waals surface area contributed by atoms with Crippen LogP contribution >= 0.6 is 11.6 Å². The van der Waals surface area contributed by atoms with Crippen molar-refractivity contribution in [3.8, 4) is 0 Å². The highest BCUT2D eigenvalue weighted by molar-refractivity contribution is 7.89. The Morgan fingerprint density at radius 1 is 1.28 bits per heavy atom. The minimum Gasteiger partial charge on any atom is -0.467 e. The van der Waals surface area contributed by atoms with Crippen LogP contribution in [0.1, 0.15) is 25.3 Å². The summed E-state index contributed by atoms with van der Waals surface area (Å²) in [5.41, 5.74) is -1.23. The standard InChI is InChI=1S/C17H20ClF3N2O5S/c1-10(16(25)28-2)22-15(24)11-5-7-23(8-6-11)29(26,27)12-3-4-14(18)13(9-12)17(19,20)21/h3-4,9-11H,5-8H2,1-2H3,(H,22,24)/t10-/m0/s1. The van der Waals surface area contributed by atoms with Crippen molar-refractivity contribution in [3.05, 3.63) is 28.8 Å². The summed E-state index contributed by atoms with van der Waals surface area (Å²) in [5, 5.41) is 1.90. The number of esters is 1. The molecule has 0 spiro atoms. The van der Waals surface area contributed by atoms with E-state index in [9.17, 15) is 31.2 Å². The van der Waals surface area contributed by atoms with Gasteiger partial charge in [-0.1, -0.05) is 11.6 Å². The molecule has 0 aliphatic carbocycles. The highest BCUT2D eigenvalue weighted by atomic mass is 35.5. The van der Waals surface area contributed by atoms with Crippen LogP contribution in [0.5, 0.6) is 0 Å². The summed E-state index contributed by atoms with van der Waals surface area (Å²) in [5.74, 6) is -1.54. The van der Waals surface area contributed by atoms with Gasteiger partial charge in [0.25, 0.3) is 0 Å². The Kier molecular flexibility index (Phi) is 7.18. The van der Waals surface area contributed by atoms with Crippen molar-refractivity contribution in [1.29, 1.82) is 0 Å². The first-order valence-corrected chi connectivity index (χ1v) is 10.4. The summed E-state index contributed by atoms with van der Waals surface area (Å²) in [6, 6.07) is 1.58. The van der Waals surface area contributed by atoms with E-state index in [1.165, 1.54) is 14.0 Å². The van der Waals surface area contributed by atoms with Gasteiger partial charge in [-0.3, -0.25) is 4.79 Å². The summed E-state index contributed by atoms with van der Waals surface area (Å²) in [7, 11) is -2.99. The zero-order chi connectivity index (χ0) is 22.0. The van der Waals surface area contributed by atoms with Gasteiger partial charge in [0.15, 0.2) is 0 Å². The van der Waals surface area contributed by atoms with E-state index < -0.39 is 55.5 Å². The molecule has 12 heteroatoms. The normalized spacial score (nSPS) is 17.6. The maximum atomic E-state index is 13.0. The number of nitrogens with zero attached hydrogens (tertiary/aromatic N) is 1. The molecule has 0 bridgehead atoms. The number of alkyl halides is 3. The average molecular weight is 457 g/mol. The third-order valence-electron chi connectivity index (χ3n) is 4.62. The first-order valence-electron chi connectivity index (χ1n) is 8.63. The smallest absolute Gasteiger partial charge is 0.417 e. The Morgan fingerprint density at radius 2 is 1.86 bits per heavy atom. The third kappa shape index (κ3) is 5.40. The number of rotatable bonds is 5. The van der Waals surface area contributed by atoms with Crippen molar-refractivity contribution in [3.63, 3.8) is 0 Å². The number of hydrogen-bond acceptors (Lipinski definition) is 5. The highest BCUT2D eigenvalue weighted by Crippen LogP contribution is 2.36. The number of sulfonamides is 1. The van der Waals surface area contributed by atoms with Gasteiger partial charge in [0.2, 0.25) is 15.9 Å². The van der Waals surface area contributed by atoms with Crippen molar-refractivity contribution >= 4 is 33.5 Å². The molecule has 0 saturated carbocycles. The summed E-state index contributed by atoms with van der Waals surface area (Å²) in [6.45, 7) is 1.37. The van der Waals surface area contributed by atoms with Crippen molar-refractivity contribution in [2.24, 2.45) is 5.92 Å². The second-order valence-corrected chi connectivity index (χ2v) is 8.92. The molecule has 1 aromatic carbocycles. The number of ether oxygens (including phenoxy) is 1. The first-order chi connectivity index (χ1) is 13.4. The van der Waals surface area contributed by atoms with Gasteiger partial charge in [-0.15, -0.1) is 0 Å². The first kappa shape index (κ1) is 23.4. The van der Waals surface area contributed by atoms with E-state index in [1.54, 1.807) is 0 Å². The molecule has 1 aromatic rings. The molecule has 0 unspecified atom stereocenters. The molecule has 1 saturated heterocycles. The topological polar surface area (TPSA) is 92.8 Å². The molecule has 0 aromatic heterocycles. The van der Waals surface area contributed by atoms with E-state index in [-0.39, 0.29) is 25.9 Å². The summed E-state index contributed by atoms with van der Waals surface area (Å²) >= 11 is 5.54. The Bertz CT molecular complexity index is 884. The lowest BCUT2D eigenvalue weighted by atomic mass is 9.97. The summed E-state index contributed by atoms with van der Waals surface area (Å²) in [4.78, 5) is 23.1. The minimum absolute atomic E-state index is 0.0446. The van der Waals surface area contributed by atoms with Crippen molar-refractivity contribution in [1.82, 2.24) is 9.62 Å². The number of amides is 1. The van der Waals surface area contributed by atoms with Gasteiger partial charge in [-0.2, -0.15) is 17.5 Å². The van der Waals surface area contributed by atoms with Crippen LogP contribution < -0.4 is 5.32 Å². The lowest BCUT2D eigenvalue weighted by Gasteiger charge is -2.31. The minimum atomic E-state index is -4.79. The van der Waals surface area contributed by atoms with Crippen LogP contribution in [-0.4, -0.2) is 50.8 Å². The van der Waals surface area contributed by atoms with Crippen LogP contribution in [0.3, 0.4) is 0 Å². The zero-order valence-electron chi connectivity index (χ0n) is 15.6. The number of methoxy groups -OCH3 is 1. The predicted octanol–water partition coefficient (Wildman–Crippen LogP) is 2.44. The predicted molar refractivity (Wildman–Crippen MR) is 97.6 cm³/mol. The molecule has 1 N–H and O–H groups in total. The number of carbonyl (C=O) groups is 2. The van der Waals surface area contributed by atoms with E-state index in [4.69, 9.17) is 11.6 Å². The van der Waals surface area contributed by atoms with Gasteiger partial charge >= 0.3 is 12.1 Å². The van der Waals surface area contributed by atoms with Gasteiger partial charge in [-0.05, 0) is 38.0 Å². The zero-order valence-corrected chi connectivity index (χ0v) is 17.2. The molecule has 1 aliphatic rings. The lowest BCUT2D eigenvalue weighted by molar-refractivity contribution is -0.145. The van der Waals surface area contributed by atoms with Gasteiger partial charge in [0.1, 0.15) is 6.04 Å². The summed E-state index contributed by atoms with van der Waals surface area (Å²) < 4.78 is 70.0. The maximum absolute atomic E-state index is 13.0. The van der Waals surface area contributed by atoms with Crippen LogP contribution in [0.25, 0.3) is 0 Å². The van der Waals surface area contributed by atoms with E-state index in [1.807, 2.05) is 0 Å². The van der Waals surface area contributed by atoms with Crippen LogP contribution in [0.15, 0.2) is 23.1 Å². The number of nitrogens with one attached hydrogen (secondary N) is 1. The summed E-state index contributed by atoms with van der Waals surface area (Å²) in [6.07, 6.45) is -4.46. The maximum Gasteiger partial charge on any atom is 0.417 e. The fraction of sp³-hybridized carbons (Fsp3) is 0.529. The monoisotopic (exact) mass is 456 g/mol. The molecular weight excluding hydrogens is 437 g/mol. The lowest BCUT2D eigenvalue weighted by Crippen LogP contribution is -2.46. The van der Waals surface area contributed by atoms with Crippen molar-refractivity contribution in [2.45, 2.75) is 36.9 Å². The fourth-order valence-electron chi connectivity index (χ4n) is 2.96. The average Bonchev–Trinajstić information content (AvgIpc) is 2.66. The number of hydrogen-bond donors (Lipinski definition) is 1. The molecule has 0 radical (unpaired) electrons. The van der Waals surface area contributed by atoms with Crippen LogP contribution in [0.4, 0.5) is 13.2 Å². The van der Waals surface area contributed by atoms with Gasteiger partial charge < -0.3 is 10.1 Å². The molecule has 29 heavy (non-hydrogen) atoms. The molecule has 2 rings (SSSR count). The van der Waals surface area contributed by atoms with Gasteiger partial charge in [0, 0.05) is 19.0 Å². The Morgan fingerprint density at radius 3 is 2.38 bits per heavy atom. The SMILES string of the molecule is COC(=O)[C@H](C)NC(=O)C1CCN(S(=O)(=O)c2ccc(Cl)c(C(F)(F)F)c2)CC1.